The minimum atomic E-state index is -4.69. The Kier molecular flexibility index (Phi) is 6.42. The molecule has 2 unspecified atom stereocenters. The van der Waals surface area contributed by atoms with Gasteiger partial charge in [0.2, 0.25) is 5.85 Å². The third kappa shape index (κ3) is 4.72. The maximum atomic E-state index is 14.9. The molecule has 13 heteroatoms. The number of ether oxygens (including phenoxy) is 1. The molecule has 0 bridgehead atoms. The highest BCUT2D eigenvalue weighted by Gasteiger charge is 2.50. The van der Waals surface area contributed by atoms with Gasteiger partial charge in [0.1, 0.15) is 18.3 Å². The lowest BCUT2D eigenvalue weighted by Gasteiger charge is -2.30. The van der Waals surface area contributed by atoms with Gasteiger partial charge >= 0.3 is 13.3 Å². The number of hydrogen-bond acceptors (Lipinski definition) is 8. The predicted octanol–water partition coefficient (Wildman–Crippen LogP) is -0.769. The van der Waals surface area contributed by atoms with Crippen molar-refractivity contribution in [2.45, 2.75) is 62.8 Å². The Labute approximate surface area is 152 Å². The molecule has 0 radical (unpaired) electrons. The quantitative estimate of drug-likeness (QED) is 0.313. The minimum Gasteiger partial charge on any atom is -0.388 e. The molecule has 0 spiro atoms. The summed E-state index contributed by atoms with van der Waals surface area (Å²) >= 11 is 0. The maximum Gasteiger partial charge on any atom is 0.358 e. The maximum absolute atomic E-state index is 14.9. The second kappa shape index (κ2) is 7.92. The van der Waals surface area contributed by atoms with Crippen LogP contribution in [0.4, 0.5) is 4.39 Å². The summed E-state index contributed by atoms with van der Waals surface area (Å²) in [4.78, 5) is 36.6. The molecule has 0 amide bonds. The van der Waals surface area contributed by atoms with E-state index in [1.807, 2.05) is 4.98 Å². The first kappa shape index (κ1) is 21.9. The fraction of sp³-hybridized carbons (Fsp3) is 0.714. The van der Waals surface area contributed by atoms with E-state index in [1.165, 1.54) is 6.92 Å². The molecule has 1 aromatic rings. The monoisotopic (exact) mass is 412 g/mol. The minimum absolute atomic E-state index is 0.192. The van der Waals surface area contributed by atoms with Gasteiger partial charge in [-0.1, -0.05) is 6.92 Å². The van der Waals surface area contributed by atoms with Crippen LogP contribution in [0, 0.1) is 0 Å². The molecule has 0 aliphatic carbocycles. The second-order valence-electron chi connectivity index (χ2n) is 6.33. The molecule has 2 rings (SSSR count). The van der Waals surface area contributed by atoms with Gasteiger partial charge < -0.3 is 29.9 Å². The predicted molar refractivity (Wildman–Crippen MR) is 88.6 cm³/mol. The molecule has 1 saturated heterocycles. The summed E-state index contributed by atoms with van der Waals surface area (Å²) in [6.07, 6.45) is -6.21. The number of H-pyrrole nitrogens is 2. The van der Waals surface area contributed by atoms with Crippen LogP contribution in [-0.2, 0) is 13.8 Å². The van der Waals surface area contributed by atoms with Crippen molar-refractivity contribution in [1.29, 1.82) is 0 Å². The first-order valence-corrected chi connectivity index (χ1v) is 9.78. The van der Waals surface area contributed by atoms with Crippen LogP contribution in [0.3, 0.4) is 0 Å². The van der Waals surface area contributed by atoms with E-state index in [4.69, 9.17) is 4.74 Å². The molecular weight excluding hydrogens is 390 g/mol. The van der Waals surface area contributed by atoms with E-state index in [2.05, 4.69) is 9.51 Å². The van der Waals surface area contributed by atoms with Crippen LogP contribution in [0.5, 0.6) is 0 Å². The van der Waals surface area contributed by atoms with Crippen molar-refractivity contribution in [2.24, 2.45) is 0 Å². The van der Waals surface area contributed by atoms with Gasteiger partial charge in [-0.2, -0.15) is 0 Å². The van der Waals surface area contributed by atoms with Gasteiger partial charge in [-0.25, -0.2) is 9.18 Å². The summed E-state index contributed by atoms with van der Waals surface area (Å²) < 4.78 is 36.7. The van der Waals surface area contributed by atoms with Crippen LogP contribution in [0.25, 0.3) is 0 Å². The number of aliphatic hydroxyl groups is 3. The molecule has 11 nitrogen and oxygen atoms in total. The Morgan fingerprint density at radius 2 is 2.04 bits per heavy atom. The molecule has 7 atom stereocenters. The van der Waals surface area contributed by atoms with Crippen molar-refractivity contribution in [3.8, 4) is 0 Å². The van der Waals surface area contributed by atoms with Crippen molar-refractivity contribution in [2.75, 3.05) is 0 Å². The summed E-state index contributed by atoms with van der Waals surface area (Å²) in [5.74, 6) is -4.59. The van der Waals surface area contributed by atoms with Crippen molar-refractivity contribution in [1.82, 2.24) is 9.97 Å². The summed E-state index contributed by atoms with van der Waals surface area (Å²) in [6.45, 7) is 2.27. The first-order valence-electron chi connectivity index (χ1n) is 8.14. The number of aliphatic hydroxyl groups excluding tert-OH is 3. The van der Waals surface area contributed by atoms with Crippen molar-refractivity contribution in [3.05, 3.63) is 32.6 Å². The van der Waals surface area contributed by atoms with E-state index in [9.17, 15) is 38.8 Å². The molecule has 1 fully saturated rings. The lowest BCUT2D eigenvalue weighted by Crippen LogP contribution is -2.38. The van der Waals surface area contributed by atoms with Gasteiger partial charge in [0.25, 0.3) is 5.56 Å². The highest BCUT2D eigenvalue weighted by molar-refractivity contribution is 7.53. The molecule has 1 aromatic heterocycles. The highest BCUT2D eigenvalue weighted by Crippen LogP contribution is 2.52. The van der Waals surface area contributed by atoms with Gasteiger partial charge in [0.05, 0.1) is 11.7 Å². The van der Waals surface area contributed by atoms with E-state index in [1.54, 1.807) is 0 Å². The average Bonchev–Trinajstić information content (AvgIpc) is 2.82. The van der Waals surface area contributed by atoms with E-state index < -0.39 is 67.8 Å². The smallest absolute Gasteiger partial charge is 0.358 e. The number of halogens is 1. The highest BCUT2D eigenvalue weighted by atomic mass is 31.2. The van der Waals surface area contributed by atoms with Gasteiger partial charge in [0.15, 0.2) is 5.85 Å². The number of rotatable bonds is 7. The zero-order valence-corrected chi connectivity index (χ0v) is 15.4. The molecule has 27 heavy (non-hydrogen) atoms. The van der Waals surface area contributed by atoms with Crippen molar-refractivity contribution < 1.29 is 38.4 Å². The van der Waals surface area contributed by atoms with E-state index >= 15 is 0 Å². The summed E-state index contributed by atoms with van der Waals surface area (Å²) in [6, 6.07) is 0. The number of nitrogens with one attached hydrogen (secondary N) is 2. The van der Waals surface area contributed by atoms with Gasteiger partial charge in [0, 0.05) is 19.0 Å². The molecule has 154 valence electrons. The Hall–Kier alpha value is -1.40. The van der Waals surface area contributed by atoms with E-state index in [0.29, 0.717) is 0 Å². The molecule has 1 aliphatic heterocycles. The van der Waals surface area contributed by atoms with Gasteiger partial charge in [-0.05, 0) is 6.92 Å². The number of alkyl halides is 1. The number of aromatic nitrogens is 2. The Morgan fingerprint density at radius 3 is 2.56 bits per heavy atom. The average molecular weight is 412 g/mol. The van der Waals surface area contributed by atoms with Crippen molar-refractivity contribution >= 4 is 7.60 Å². The molecule has 0 saturated carbocycles. The summed E-state index contributed by atoms with van der Waals surface area (Å²) in [5.41, 5.74) is -1.84. The fourth-order valence-electron chi connectivity index (χ4n) is 2.66. The SMILES string of the molecule is CCC(F)(C[C@H]1O[C@@H](c2c[nH]c(=O)[nH]c2=O)[C@H](O)[C@@H]1O)OP(=O)(O)[C@H](C)O. The summed E-state index contributed by atoms with van der Waals surface area (Å²) in [5, 5.41) is 29.5. The van der Waals surface area contributed by atoms with Crippen LogP contribution in [-0.4, -0.2) is 60.2 Å². The normalized spacial score (nSPS) is 31.2. The number of aromatic amines is 2. The van der Waals surface area contributed by atoms with Gasteiger partial charge in [-0.15, -0.1) is 0 Å². The van der Waals surface area contributed by atoms with E-state index in [0.717, 1.165) is 13.1 Å². The largest absolute Gasteiger partial charge is 0.388 e. The van der Waals surface area contributed by atoms with Crippen LogP contribution >= 0.6 is 7.60 Å². The third-order valence-corrected chi connectivity index (χ3v) is 5.85. The number of hydrogen-bond donors (Lipinski definition) is 6. The Bertz CT molecular complexity index is 827. The standard InChI is InChI=1S/C14H22FN2O9P/c1-3-14(15,26-27(23,24)6(2)18)4-8-9(19)10(20)11(25-8)7-5-16-13(22)17-12(7)21/h5-6,8-11,18-20H,3-4H2,1-2H3,(H,23,24)(H2,16,17,21,22)/t6-,8-,9-,10-,11+,14?/m1/s1. The fourth-order valence-corrected chi connectivity index (χ4v) is 3.49. The molecule has 1 aliphatic rings. The second-order valence-corrected chi connectivity index (χ2v) is 8.39. The van der Waals surface area contributed by atoms with Crippen molar-refractivity contribution in [3.63, 3.8) is 0 Å². The topological polar surface area (TPSA) is 182 Å². The van der Waals surface area contributed by atoms with Crippen LogP contribution in [0.1, 0.15) is 38.4 Å². The molecule has 0 aromatic carbocycles. The molecule has 2 heterocycles. The lowest BCUT2D eigenvalue weighted by molar-refractivity contribution is -0.124. The van der Waals surface area contributed by atoms with E-state index in [-0.39, 0.29) is 5.56 Å². The van der Waals surface area contributed by atoms with Crippen LogP contribution in [0.2, 0.25) is 0 Å². The zero-order valence-electron chi connectivity index (χ0n) is 14.5. The summed E-state index contributed by atoms with van der Waals surface area (Å²) in [7, 11) is -4.69. The Morgan fingerprint density at radius 1 is 1.41 bits per heavy atom. The zero-order chi connectivity index (χ0) is 20.6. The van der Waals surface area contributed by atoms with Gasteiger partial charge in [-0.3, -0.25) is 18.9 Å². The van der Waals surface area contributed by atoms with Crippen LogP contribution < -0.4 is 11.2 Å². The Balaban J connectivity index is 2.22. The lowest BCUT2D eigenvalue weighted by atomic mass is 9.99. The molecular formula is C14H22FN2O9P. The first-order chi connectivity index (χ1) is 12.4. The molecule has 6 N–H and O–H groups in total. The van der Waals surface area contributed by atoms with Crippen LogP contribution in [0.15, 0.2) is 15.8 Å². The third-order valence-electron chi connectivity index (χ3n) is 4.32.